The predicted octanol–water partition coefficient (Wildman–Crippen LogP) is 1.46. The minimum absolute atomic E-state index is 0.305. The number of anilines is 1. The van der Waals surface area contributed by atoms with Gasteiger partial charge >= 0.3 is 0 Å². The molecular formula is C15H14FN3O2. The zero-order chi connectivity index (χ0) is 15.4. The lowest BCUT2D eigenvalue weighted by molar-refractivity contribution is 0.102. The summed E-state index contributed by atoms with van der Waals surface area (Å²) in [5, 5.41) is 15.5. The summed E-state index contributed by atoms with van der Waals surface area (Å²) >= 11 is 0. The molecule has 0 spiro atoms. The van der Waals surface area contributed by atoms with E-state index in [1.54, 1.807) is 24.9 Å². The van der Waals surface area contributed by atoms with E-state index in [-0.39, 0.29) is 12.5 Å². The van der Waals surface area contributed by atoms with E-state index in [4.69, 9.17) is 5.11 Å². The number of aliphatic hydroxyl groups is 1. The molecule has 1 aromatic heterocycles. The summed E-state index contributed by atoms with van der Waals surface area (Å²) in [4.78, 5) is 12.2. The molecule has 0 aliphatic rings. The van der Waals surface area contributed by atoms with E-state index in [0.717, 1.165) is 0 Å². The highest BCUT2D eigenvalue weighted by Gasteiger charge is 2.14. The van der Waals surface area contributed by atoms with Gasteiger partial charge in [0.25, 0.3) is 5.91 Å². The van der Waals surface area contributed by atoms with Crippen LogP contribution in [0.25, 0.3) is 0 Å². The molecule has 1 aromatic carbocycles. The highest BCUT2D eigenvalue weighted by molar-refractivity contribution is 6.05. The number of nitrogens with one attached hydrogen (secondary N) is 1. The van der Waals surface area contributed by atoms with Gasteiger partial charge < -0.3 is 10.4 Å². The molecule has 2 rings (SSSR count). The molecule has 5 nitrogen and oxygen atoms in total. The standard InChI is InChI=1S/C15H14FN3O2/c1-10-13(9-19(2)18-10)15(21)17-14-6-5-12(16)8-11(14)4-3-7-20/h5-6,8-9,20H,7H2,1-2H3,(H,17,21). The number of aliphatic hydroxyl groups excluding tert-OH is 1. The third-order valence-corrected chi connectivity index (χ3v) is 2.79. The summed E-state index contributed by atoms with van der Waals surface area (Å²) in [5.74, 6) is 4.22. The number of aryl methyl sites for hydroxylation is 2. The molecule has 108 valence electrons. The fraction of sp³-hybridized carbons (Fsp3) is 0.200. The van der Waals surface area contributed by atoms with Gasteiger partial charge in [-0.2, -0.15) is 5.10 Å². The lowest BCUT2D eigenvalue weighted by atomic mass is 10.1. The Morgan fingerprint density at radius 3 is 2.90 bits per heavy atom. The van der Waals surface area contributed by atoms with Gasteiger partial charge in [-0.3, -0.25) is 9.48 Å². The highest BCUT2D eigenvalue weighted by atomic mass is 19.1. The first-order valence-electron chi connectivity index (χ1n) is 6.22. The van der Waals surface area contributed by atoms with Crippen LogP contribution in [0.3, 0.4) is 0 Å². The zero-order valence-corrected chi connectivity index (χ0v) is 11.6. The van der Waals surface area contributed by atoms with E-state index in [2.05, 4.69) is 22.3 Å². The quantitative estimate of drug-likeness (QED) is 0.822. The average molecular weight is 287 g/mol. The summed E-state index contributed by atoms with van der Waals surface area (Å²) in [6.45, 7) is 1.39. The van der Waals surface area contributed by atoms with Crippen LogP contribution in [-0.4, -0.2) is 27.4 Å². The summed E-state index contributed by atoms with van der Waals surface area (Å²) in [6, 6.07) is 3.87. The van der Waals surface area contributed by atoms with Crippen molar-refractivity contribution in [3.8, 4) is 11.8 Å². The van der Waals surface area contributed by atoms with Gasteiger partial charge in [0, 0.05) is 13.2 Å². The number of carbonyl (C=O) groups is 1. The molecule has 0 aliphatic carbocycles. The topological polar surface area (TPSA) is 67.2 Å². The number of halogens is 1. The van der Waals surface area contributed by atoms with Crippen molar-refractivity contribution in [2.75, 3.05) is 11.9 Å². The Balaban J connectivity index is 2.31. The van der Waals surface area contributed by atoms with Crippen molar-refractivity contribution < 1.29 is 14.3 Å². The van der Waals surface area contributed by atoms with E-state index >= 15 is 0 Å². The van der Waals surface area contributed by atoms with Crippen LogP contribution in [0.1, 0.15) is 21.6 Å². The maximum Gasteiger partial charge on any atom is 0.259 e. The van der Waals surface area contributed by atoms with Crippen molar-refractivity contribution in [1.29, 1.82) is 0 Å². The first-order valence-corrected chi connectivity index (χ1v) is 6.22. The van der Waals surface area contributed by atoms with Crippen molar-refractivity contribution in [2.24, 2.45) is 7.05 Å². The molecule has 0 fully saturated rings. The second-order valence-corrected chi connectivity index (χ2v) is 4.41. The molecule has 1 heterocycles. The van der Waals surface area contributed by atoms with Crippen LogP contribution in [0.5, 0.6) is 0 Å². The molecule has 0 bridgehead atoms. The van der Waals surface area contributed by atoms with E-state index in [1.807, 2.05) is 0 Å². The van der Waals surface area contributed by atoms with Gasteiger partial charge in [0.05, 0.1) is 22.5 Å². The lowest BCUT2D eigenvalue weighted by Crippen LogP contribution is -2.13. The average Bonchev–Trinajstić information content (AvgIpc) is 2.78. The van der Waals surface area contributed by atoms with Crippen LogP contribution >= 0.6 is 0 Å². The van der Waals surface area contributed by atoms with Crippen molar-refractivity contribution in [3.05, 3.63) is 47.0 Å². The fourth-order valence-electron chi connectivity index (χ4n) is 1.88. The molecule has 0 saturated carbocycles. The molecule has 2 N–H and O–H groups in total. The monoisotopic (exact) mass is 287 g/mol. The minimum atomic E-state index is -0.465. The molecule has 0 radical (unpaired) electrons. The van der Waals surface area contributed by atoms with Crippen LogP contribution in [0.2, 0.25) is 0 Å². The van der Waals surface area contributed by atoms with Gasteiger partial charge in [-0.25, -0.2) is 4.39 Å². The van der Waals surface area contributed by atoms with Crippen LogP contribution in [0.15, 0.2) is 24.4 Å². The minimum Gasteiger partial charge on any atom is -0.384 e. The molecule has 1 amide bonds. The molecule has 0 unspecified atom stereocenters. The second kappa shape index (κ2) is 6.20. The Labute approximate surface area is 121 Å². The van der Waals surface area contributed by atoms with Crippen molar-refractivity contribution in [3.63, 3.8) is 0 Å². The van der Waals surface area contributed by atoms with Gasteiger partial charge in [-0.05, 0) is 25.1 Å². The second-order valence-electron chi connectivity index (χ2n) is 4.41. The largest absolute Gasteiger partial charge is 0.384 e. The van der Waals surface area contributed by atoms with E-state index < -0.39 is 5.82 Å². The maximum atomic E-state index is 13.2. The molecule has 6 heteroatoms. The molecule has 2 aromatic rings. The third-order valence-electron chi connectivity index (χ3n) is 2.79. The van der Waals surface area contributed by atoms with Crippen LogP contribution in [-0.2, 0) is 7.05 Å². The normalized spacial score (nSPS) is 9.90. The number of rotatable bonds is 2. The van der Waals surface area contributed by atoms with E-state index in [9.17, 15) is 9.18 Å². The Hall–Kier alpha value is -2.65. The van der Waals surface area contributed by atoms with Gasteiger partial charge in [0.1, 0.15) is 12.4 Å². The summed E-state index contributed by atoms with van der Waals surface area (Å²) in [6.07, 6.45) is 1.60. The number of aromatic nitrogens is 2. The third kappa shape index (κ3) is 3.46. The van der Waals surface area contributed by atoms with Gasteiger partial charge in [-0.15, -0.1) is 0 Å². The van der Waals surface area contributed by atoms with E-state index in [0.29, 0.717) is 22.5 Å². The van der Waals surface area contributed by atoms with E-state index in [1.165, 1.54) is 18.2 Å². The number of hydrogen-bond acceptors (Lipinski definition) is 3. The molecular weight excluding hydrogens is 273 g/mol. The predicted molar refractivity (Wildman–Crippen MR) is 76.3 cm³/mol. The van der Waals surface area contributed by atoms with Gasteiger partial charge in [0.2, 0.25) is 0 Å². The maximum absolute atomic E-state index is 13.2. The van der Waals surface area contributed by atoms with Crippen LogP contribution in [0, 0.1) is 24.6 Å². The Kier molecular flexibility index (Phi) is 4.36. The van der Waals surface area contributed by atoms with Crippen molar-refractivity contribution in [1.82, 2.24) is 9.78 Å². The fourth-order valence-corrected chi connectivity index (χ4v) is 1.88. The SMILES string of the molecule is Cc1nn(C)cc1C(=O)Nc1ccc(F)cc1C#CCO. The molecule has 21 heavy (non-hydrogen) atoms. The highest BCUT2D eigenvalue weighted by Crippen LogP contribution is 2.18. The first-order chi connectivity index (χ1) is 10.0. The van der Waals surface area contributed by atoms with Crippen LogP contribution < -0.4 is 5.32 Å². The summed E-state index contributed by atoms with van der Waals surface area (Å²) < 4.78 is 14.8. The Morgan fingerprint density at radius 2 is 2.29 bits per heavy atom. The zero-order valence-electron chi connectivity index (χ0n) is 11.6. The number of carbonyl (C=O) groups excluding carboxylic acids is 1. The summed E-state index contributed by atoms with van der Waals surface area (Å²) in [7, 11) is 1.72. The van der Waals surface area contributed by atoms with Gasteiger partial charge in [-0.1, -0.05) is 11.8 Å². The lowest BCUT2D eigenvalue weighted by Gasteiger charge is -2.07. The van der Waals surface area contributed by atoms with Crippen molar-refractivity contribution >= 4 is 11.6 Å². The first kappa shape index (κ1) is 14.8. The number of hydrogen-bond donors (Lipinski definition) is 2. The Morgan fingerprint density at radius 1 is 1.52 bits per heavy atom. The number of amides is 1. The smallest absolute Gasteiger partial charge is 0.259 e. The summed E-state index contributed by atoms with van der Waals surface area (Å²) in [5.41, 5.74) is 1.72. The molecule has 0 saturated heterocycles. The Bertz CT molecular complexity index is 741. The van der Waals surface area contributed by atoms with Crippen molar-refractivity contribution in [2.45, 2.75) is 6.92 Å². The van der Waals surface area contributed by atoms with Gasteiger partial charge in [0.15, 0.2) is 0 Å². The number of nitrogens with zero attached hydrogens (tertiary/aromatic N) is 2. The molecule has 0 aliphatic heterocycles. The molecule has 0 atom stereocenters. The van der Waals surface area contributed by atoms with Crippen LogP contribution in [0.4, 0.5) is 10.1 Å². The number of benzene rings is 1.